The van der Waals surface area contributed by atoms with Gasteiger partial charge in [0.15, 0.2) is 0 Å². The van der Waals surface area contributed by atoms with E-state index >= 15 is 0 Å². The van der Waals surface area contributed by atoms with Gasteiger partial charge in [-0.3, -0.25) is 15.0 Å². The Balaban J connectivity index is 1.50. The maximum Gasteiger partial charge on any atom is 0.227 e. The molecule has 0 saturated carbocycles. The van der Waals surface area contributed by atoms with Gasteiger partial charge in [-0.2, -0.15) is 0 Å². The predicted molar refractivity (Wildman–Crippen MR) is 137 cm³/mol. The number of ether oxygens (including phenoxy) is 1. The van der Waals surface area contributed by atoms with Crippen molar-refractivity contribution in [2.75, 3.05) is 25.6 Å². The minimum absolute atomic E-state index is 0.162. The quantitative estimate of drug-likeness (QED) is 0.536. The fourth-order valence-electron chi connectivity index (χ4n) is 5.60. The van der Waals surface area contributed by atoms with Crippen LogP contribution < -0.4 is 15.0 Å². The van der Waals surface area contributed by atoms with Crippen LogP contribution >= 0.6 is 0 Å². The van der Waals surface area contributed by atoms with Crippen LogP contribution in [-0.2, 0) is 30.0 Å². The number of piperidine rings is 1. The first kappa shape index (κ1) is 23.6. The lowest BCUT2D eigenvalue weighted by molar-refractivity contribution is -0.118. The van der Waals surface area contributed by atoms with Crippen LogP contribution in [0.1, 0.15) is 53.8 Å². The van der Waals surface area contributed by atoms with E-state index in [9.17, 15) is 4.79 Å². The van der Waals surface area contributed by atoms with E-state index in [0.29, 0.717) is 13.0 Å². The molecule has 1 aromatic heterocycles. The number of fused-ring (bicyclic) bond motifs is 1. The zero-order chi connectivity index (χ0) is 24.4. The molecule has 7 heteroatoms. The van der Waals surface area contributed by atoms with Gasteiger partial charge in [0.25, 0.3) is 0 Å². The number of aromatic amines is 1. The highest BCUT2D eigenvalue weighted by Crippen LogP contribution is 2.39. The number of imidazole rings is 1. The topological polar surface area (TPSA) is 73.5 Å². The van der Waals surface area contributed by atoms with Gasteiger partial charge in [-0.05, 0) is 55.9 Å². The fourth-order valence-corrected chi connectivity index (χ4v) is 5.60. The number of aryl methyl sites for hydroxylation is 2. The summed E-state index contributed by atoms with van der Waals surface area (Å²) in [6.07, 6.45) is 6.40. The molecule has 0 bridgehead atoms. The van der Waals surface area contributed by atoms with Crippen molar-refractivity contribution >= 4 is 11.6 Å². The summed E-state index contributed by atoms with van der Waals surface area (Å²) < 4.78 is 5.81. The van der Waals surface area contributed by atoms with E-state index in [4.69, 9.17) is 4.74 Å². The average Bonchev–Trinajstić information content (AvgIpc) is 3.30. The molecule has 5 rings (SSSR count). The number of anilines is 1. The molecule has 0 radical (unpaired) electrons. The molecule has 0 aliphatic carbocycles. The van der Waals surface area contributed by atoms with E-state index in [-0.39, 0.29) is 11.6 Å². The van der Waals surface area contributed by atoms with Crippen molar-refractivity contribution in [1.82, 2.24) is 20.2 Å². The van der Waals surface area contributed by atoms with Crippen molar-refractivity contribution in [3.63, 3.8) is 0 Å². The minimum atomic E-state index is -0.326. The molecule has 2 aliphatic heterocycles. The van der Waals surface area contributed by atoms with Crippen molar-refractivity contribution < 1.29 is 9.53 Å². The van der Waals surface area contributed by atoms with Crippen molar-refractivity contribution in [3.8, 4) is 5.75 Å². The molecular weight excluding hydrogens is 438 g/mol. The highest BCUT2D eigenvalue weighted by molar-refractivity contribution is 5.96. The monoisotopic (exact) mass is 473 g/mol. The first-order valence-corrected chi connectivity index (χ1v) is 12.5. The highest BCUT2D eigenvalue weighted by Gasteiger charge is 2.40. The van der Waals surface area contributed by atoms with Crippen LogP contribution in [0.2, 0.25) is 0 Å². The first-order valence-electron chi connectivity index (χ1n) is 12.5. The molecule has 1 fully saturated rings. The lowest BCUT2D eigenvalue weighted by Gasteiger charge is -2.48. The number of methoxy groups -OCH3 is 1. The van der Waals surface area contributed by atoms with Crippen molar-refractivity contribution in [2.45, 2.75) is 57.8 Å². The summed E-state index contributed by atoms with van der Waals surface area (Å²) in [4.78, 5) is 24.5. The fraction of sp³-hybridized carbons (Fsp3) is 0.429. The largest absolute Gasteiger partial charge is 0.496 e. The molecule has 1 atom stereocenters. The Labute approximate surface area is 207 Å². The van der Waals surface area contributed by atoms with Crippen molar-refractivity contribution in [1.29, 1.82) is 0 Å². The summed E-state index contributed by atoms with van der Waals surface area (Å²) >= 11 is 0. The molecule has 1 saturated heterocycles. The molecular formula is C28H35N5O2. The SMILES string of the molecule is COc1cc2c(cc1CNC1(c3ccccc3)CCCCN1Cc1nc[nH]c1C)N(C)C(=O)CC2. The molecule has 1 unspecified atom stereocenters. The van der Waals surface area contributed by atoms with E-state index in [1.807, 2.05) is 7.05 Å². The third-order valence-corrected chi connectivity index (χ3v) is 7.68. The Bertz CT molecular complexity index is 1190. The number of carbonyl (C=O) groups excluding carboxylic acids is 1. The second-order valence-corrected chi connectivity index (χ2v) is 9.68. The van der Waals surface area contributed by atoms with E-state index in [1.165, 1.54) is 11.1 Å². The number of rotatable bonds is 7. The van der Waals surface area contributed by atoms with Crippen LogP contribution in [0.4, 0.5) is 5.69 Å². The summed E-state index contributed by atoms with van der Waals surface area (Å²) in [5.74, 6) is 1.03. The number of hydrogen-bond acceptors (Lipinski definition) is 5. The summed E-state index contributed by atoms with van der Waals surface area (Å²) in [5, 5.41) is 3.96. The van der Waals surface area contributed by atoms with Gasteiger partial charge in [0.05, 0.1) is 24.8 Å². The molecule has 2 aromatic carbocycles. The molecule has 1 amide bonds. The molecule has 35 heavy (non-hydrogen) atoms. The summed E-state index contributed by atoms with van der Waals surface area (Å²) in [6.45, 7) is 4.48. The van der Waals surface area contributed by atoms with Gasteiger partial charge in [0.2, 0.25) is 5.91 Å². The second-order valence-electron chi connectivity index (χ2n) is 9.68. The van der Waals surface area contributed by atoms with Gasteiger partial charge in [0, 0.05) is 50.0 Å². The number of nitrogens with one attached hydrogen (secondary N) is 2. The van der Waals surface area contributed by atoms with Crippen LogP contribution in [0.15, 0.2) is 48.8 Å². The summed E-state index contributed by atoms with van der Waals surface area (Å²) in [5.41, 5.74) is 6.34. The van der Waals surface area contributed by atoms with Gasteiger partial charge in [-0.1, -0.05) is 30.3 Å². The molecule has 2 N–H and O–H groups in total. The van der Waals surface area contributed by atoms with Crippen LogP contribution in [0.25, 0.3) is 0 Å². The van der Waals surface area contributed by atoms with E-state index in [0.717, 1.165) is 67.2 Å². The Morgan fingerprint density at radius 2 is 2.00 bits per heavy atom. The molecule has 3 heterocycles. The maximum absolute atomic E-state index is 12.3. The lowest BCUT2D eigenvalue weighted by Crippen LogP contribution is -2.58. The van der Waals surface area contributed by atoms with Gasteiger partial charge < -0.3 is 14.6 Å². The molecule has 7 nitrogen and oxygen atoms in total. The van der Waals surface area contributed by atoms with E-state index < -0.39 is 0 Å². The van der Waals surface area contributed by atoms with E-state index in [1.54, 1.807) is 18.3 Å². The number of nitrogens with zero attached hydrogens (tertiary/aromatic N) is 3. The Morgan fingerprint density at radius 3 is 2.74 bits per heavy atom. The number of amides is 1. The number of hydrogen-bond donors (Lipinski definition) is 2. The molecule has 2 aliphatic rings. The van der Waals surface area contributed by atoms with Gasteiger partial charge >= 0.3 is 0 Å². The predicted octanol–water partition coefficient (Wildman–Crippen LogP) is 4.26. The van der Waals surface area contributed by atoms with Gasteiger partial charge in [-0.25, -0.2) is 4.98 Å². The van der Waals surface area contributed by atoms with Crippen LogP contribution in [-0.4, -0.2) is 41.5 Å². The maximum atomic E-state index is 12.3. The number of aromatic nitrogens is 2. The summed E-state index contributed by atoms with van der Waals surface area (Å²) in [6, 6.07) is 15.0. The van der Waals surface area contributed by atoms with Crippen LogP contribution in [0.3, 0.4) is 0 Å². The Hall–Kier alpha value is -3.16. The molecule has 3 aromatic rings. The smallest absolute Gasteiger partial charge is 0.227 e. The second kappa shape index (κ2) is 9.84. The Morgan fingerprint density at radius 1 is 1.17 bits per heavy atom. The van der Waals surface area contributed by atoms with Crippen LogP contribution in [0.5, 0.6) is 5.75 Å². The standard InChI is InChI=1S/C28H35N5O2/c1-20-24(30-19-29-20)18-33-14-8-7-13-28(33,23-9-5-4-6-10-23)31-17-22-15-25-21(16-26(22)35-3)11-12-27(34)32(25)2/h4-6,9-10,15-16,19,31H,7-8,11-14,17-18H2,1-3H3,(H,29,30). The average molecular weight is 474 g/mol. The number of benzene rings is 2. The highest BCUT2D eigenvalue weighted by atomic mass is 16.5. The normalized spacial score (nSPS) is 20.7. The van der Waals surface area contributed by atoms with Crippen molar-refractivity contribution in [3.05, 3.63) is 76.9 Å². The third-order valence-electron chi connectivity index (χ3n) is 7.68. The number of H-pyrrole nitrogens is 1. The summed E-state index contributed by atoms with van der Waals surface area (Å²) in [7, 11) is 3.59. The van der Waals surface area contributed by atoms with Gasteiger partial charge in [-0.15, -0.1) is 0 Å². The third kappa shape index (κ3) is 4.46. The zero-order valence-corrected chi connectivity index (χ0v) is 20.9. The minimum Gasteiger partial charge on any atom is -0.496 e. The number of likely N-dealkylation sites (tertiary alicyclic amines) is 1. The van der Waals surface area contributed by atoms with E-state index in [2.05, 4.69) is 69.6 Å². The van der Waals surface area contributed by atoms with Crippen LogP contribution in [0, 0.1) is 6.92 Å². The zero-order valence-electron chi connectivity index (χ0n) is 20.9. The van der Waals surface area contributed by atoms with Crippen molar-refractivity contribution in [2.24, 2.45) is 0 Å². The first-order chi connectivity index (χ1) is 17.0. The Kier molecular flexibility index (Phi) is 6.62. The molecule has 0 spiro atoms. The number of carbonyl (C=O) groups is 1. The lowest BCUT2D eigenvalue weighted by atomic mass is 9.87. The van der Waals surface area contributed by atoms with Gasteiger partial charge in [0.1, 0.15) is 5.75 Å². The molecule has 184 valence electrons.